The molecular formula is C15H25NO12S. The zero-order valence-corrected chi connectivity index (χ0v) is 16.4. The van der Waals surface area contributed by atoms with Gasteiger partial charge < -0.3 is 35.2 Å². The maximum Gasteiger partial charge on any atom is 0.399 e. The van der Waals surface area contributed by atoms with Crippen molar-refractivity contribution in [3.05, 3.63) is 0 Å². The molecule has 0 radical (unpaired) electrons. The number of carbonyl (C=O) groups is 2. The monoisotopic (exact) mass is 443 g/mol. The molecule has 1 aliphatic carbocycles. The number of rotatable bonds is 6. The van der Waals surface area contributed by atoms with Gasteiger partial charge in [0.1, 0.15) is 12.1 Å². The van der Waals surface area contributed by atoms with Gasteiger partial charge in [-0.15, -0.1) is 0 Å². The van der Waals surface area contributed by atoms with Crippen molar-refractivity contribution in [3.8, 4) is 0 Å². The molecule has 0 bridgehead atoms. The standard InChI is InChI=1S/C15H25NO12S/c1-5-7(14(20)21)3-9(13(19)12(5)18)26-8-4-10(28-29(23,24)25)27-15(22)11(8)16-6(2)17/h5,7-13,15,18-19,22H,3-4H2,1-2H3,(H,16,17)(H,20,21)(H,23,24,25). The molecule has 2 fully saturated rings. The fourth-order valence-electron chi connectivity index (χ4n) is 3.61. The van der Waals surface area contributed by atoms with Crippen LogP contribution in [-0.4, -0.2) is 88.3 Å². The summed E-state index contributed by atoms with van der Waals surface area (Å²) in [5.41, 5.74) is 0. The Morgan fingerprint density at radius 1 is 1.10 bits per heavy atom. The van der Waals surface area contributed by atoms with Gasteiger partial charge in [0.05, 0.1) is 24.2 Å². The van der Waals surface area contributed by atoms with Crippen molar-refractivity contribution in [2.24, 2.45) is 11.8 Å². The van der Waals surface area contributed by atoms with Gasteiger partial charge in [0.2, 0.25) is 5.91 Å². The molecule has 2 aliphatic rings. The second-order valence-corrected chi connectivity index (χ2v) is 8.22. The highest BCUT2D eigenvalue weighted by atomic mass is 32.3. The molecule has 168 valence electrons. The number of carboxylic acids is 1. The number of aliphatic hydroxyl groups excluding tert-OH is 3. The van der Waals surface area contributed by atoms with E-state index < -0.39 is 83.6 Å². The first-order chi connectivity index (χ1) is 13.3. The Bertz CT molecular complexity index is 714. The molecule has 0 aromatic heterocycles. The van der Waals surface area contributed by atoms with Crippen LogP contribution in [0, 0.1) is 11.8 Å². The third-order valence-electron chi connectivity index (χ3n) is 5.08. The van der Waals surface area contributed by atoms with Crippen molar-refractivity contribution in [1.29, 1.82) is 0 Å². The van der Waals surface area contributed by atoms with Gasteiger partial charge in [-0.3, -0.25) is 14.1 Å². The lowest BCUT2D eigenvalue weighted by Crippen LogP contribution is -2.61. The van der Waals surface area contributed by atoms with E-state index in [2.05, 4.69) is 9.50 Å². The van der Waals surface area contributed by atoms with Crippen molar-refractivity contribution in [1.82, 2.24) is 5.32 Å². The van der Waals surface area contributed by atoms with Crippen LogP contribution in [0.1, 0.15) is 26.7 Å². The number of nitrogens with one attached hydrogen (secondary N) is 1. The number of ether oxygens (including phenoxy) is 2. The van der Waals surface area contributed by atoms with E-state index in [9.17, 15) is 38.4 Å². The van der Waals surface area contributed by atoms with Gasteiger partial charge in [0.15, 0.2) is 12.6 Å². The van der Waals surface area contributed by atoms with Crippen LogP contribution in [0.2, 0.25) is 0 Å². The average molecular weight is 443 g/mol. The summed E-state index contributed by atoms with van der Waals surface area (Å²) in [6.07, 6.45) is -9.36. The Kier molecular flexibility index (Phi) is 7.56. The molecule has 13 nitrogen and oxygen atoms in total. The highest BCUT2D eigenvalue weighted by molar-refractivity contribution is 7.80. The van der Waals surface area contributed by atoms with Crippen LogP contribution >= 0.6 is 0 Å². The molecule has 0 aromatic rings. The first-order valence-electron chi connectivity index (χ1n) is 8.81. The number of carboxylic acid groups (broad SMARTS) is 1. The molecule has 29 heavy (non-hydrogen) atoms. The summed E-state index contributed by atoms with van der Waals surface area (Å²) in [6.45, 7) is 2.61. The van der Waals surface area contributed by atoms with Gasteiger partial charge in [0.25, 0.3) is 0 Å². The number of amides is 1. The molecule has 1 amide bonds. The molecule has 1 aliphatic heterocycles. The predicted molar refractivity (Wildman–Crippen MR) is 91.3 cm³/mol. The fourth-order valence-corrected chi connectivity index (χ4v) is 4.01. The quantitative estimate of drug-likeness (QED) is 0.237. The third kappa shape index (κ3) is 6.05. The molecule has 0 spiro atoms. The van der Waals surface area contributed by atoms with Crippen LogP contribution in [0.5, 0.6) is 0 Å². The minimum Gasteiger partial charge on any atom is -0.481 e. The molecule has 9 unspecified atom stereocenters. The second kappa shape index (κ2) is 9.18. The van der Waals surface area contributed by atoms with E-state index in [0.717, 1.165) is 6.92 Å². The van der Waals surface area contributed by atoms with Crippen LogP contribution in [0.4, 0.5) is 0 Å². The smallest absolute Gasteiger partial charge is 0.399 e. The maximum absolute atomic E-state index is 11.4. The van der Waals surface area contributed by atoms with Crippen molar-refractivity contribution >= 4 is 22.3 Å². The van der Waals surface area contributed by atoms with E-state index in [0.29, 0.717) is 0 Å². The summed E-state index contributed by atoms with van der Waals surface area (Å²) in [5, 5.41) is 42.3. The van der Waals surface area contributed by atoms with E-state index in [1.165, 1.54) is 6.92 Å². The van der Waals surface area contributed by atoms with Gasteiger partial charge in [0, 0.05) is 13.3 Å². The van der Waals surface area contributed by atoms with Crippen LogP contribution < -0.4 is 5.32 Å². The van der Waals surface area contributed by atoms with Crippen LogP contribution in [0.15, 0.2) is 0 Å². The largest absolute Gasteiger partial charge is 0.481 e. The van der Waals surface area contributed by atoms with E-state index in [4.69, 9.17) is 14.0 Å². The predicted octanol–water partition coefficient (Wildman–Crippen LogP) is -2.41. The number of aliphatic carboxylic acids is 1. The van der Waals surface area contributed by atoms with Crippen LogP contribution in [0.25, 0.3) is 0 Å². The average Bonchev–Trinajstić information content (AvgIpc) is 2.56. The van der Waals surface area contributed by atoms with E-state index >= 15 is 0 Å². The molecular weight excluding hydrogens is 418 g/mol. The number of aliphatic hydroxyl groups is 3. The lowest BCUT2D eigenvalue weighted by atomic mass is 9.75. The summed E-state index contributed by atoms with van der Waals surface area (Å²) in [4.78, 5) is 22.9. The molecule has 14 heteroatoms. The first kappa shape index (κ1) is 23.9. The molecule has 1 saturated carbocycles. The Hall–Kier alpha value is -1.39. The summed E-state index contributed by atoms with van der Waals surface area (Å²) >= 11 is 0. The third-order valence-corrected chi connectivity index (χ3v) is 5.54. The lowest BCUT2D eigenvalue weighted by molar-refractivity contribution is -0.275. The Morgan fingerprint density at radius 2 is 1.72 bits per heavy atom. The van der Waals surface area contributed by atoms with Crippen molar-refractivity contribution in [3.63, 3.8) is 0 Å². The number of hydrogen-bond acceptors (Lipinski definition) is 10. The van der Waals surface area contributed by atoms with Gasteiger partial charge >= 0.3 is 16.4 Å². The topological polar surface area (TPSA) is 209 Å². The zero-order valence-electron chi connectivity index (χ0n) is 15.6. The zero-order chi connectivity index (χ0) is 22.1. The highest BCUT2D eigenvalue weighted by Gasteiger charge is 2.48. The highest BCUT2D eigenvalue weighted by Crippen LogP contribution is 2.35. The van der Waals surface area contributed by atoms with Crippen LogP contribution in [-0.2, 0) is 33.6 Å². The summed E-state index contributed by atoms with van der Waals surface area (Å²) in [6, 6.07) is -1.22. The Balaban J connectivity index is 2.23. The Morgan fingerprint density at radius 3 is 2.24 bits per heavy atom. The minimum absolute atomic E-state index is 0.182. The van der Waals surface area contributed by atoms with E-state index in [-0.39, 0.29) is 6.42 Å². The Labute approximate surface area is 166 Å². The van der Waals surface area contributed by atoms with Gasteiger partial charge in [-0.25, -0.2) is 4.18 Å². The fraction of sp³-hybridized carbons (Fsp3) is 0.867. The molecule has 1 saturated heterocycles. The molecule has 0 aromatic carbocycles. The molecule has 1 heterocycles. The van der Waals surface area contributed by atoms with Crippen molar-refractivity contribution < 1.29 is 56.6 Å². The van der Waals surface area contributed by atoms with Gasteiger partial charge in [-0.1, -0.05) is 6.92 Å². The normalized spacial score (nSPS) is 41.0. The molecule has 9 atom stereocenters. The second-order valence-electron chi connectivity index (χ2n) is 7.18. The minimum atomic E-state index is -4.94. The van der Waals surface area contributed by atoms with E-state index in [1.54, 1.807) is 0 Å². The van der Waals surface area contributed by atoms with Crippen molar-refractivity contribution in [2.75, 3.05) is 0 Å². The number of hydrogen-bond donors (Lipinski definition) is 6. The van der Waals surface area contributed by atoms with E-state index in [1.807, 2.05) is 0 Å². The summed E-state index contributed by atoms with van der Waals surface area (Å²) < 4.78 is 45.6. The lowest BCUT2D eigenvalue weighted by Gasteiger charge is -2.44. The summed E-state index contributed by atoms with van der Waals surface area (Å²) in [7, 11) is -4.94. The maximum atomic E-state index is 11.4. The van der Waals surface area contributed by atoms with Gasteiger partial charge in [-0.2, -0.15) is 8.42 Å². The molecule has 6 N–H and O–H groups in total. The van der Waals surface area contributed by atoms with Crippen LogP contribution in [0.3, 0.4) is 0 Å². The SMILES string of the molecule is CC(=O)NC1C(O)OC(OS(=O)(=O)O)CC1OC1CC(C(=O)O)C(C)C(O)C1O. The van der Waals surface area contributed by atoms with Crippen molar-refractivity contribution in [2.45, 2.75) is 69.7 Å². The first-order valence-corrected chi connectivity index (χ1v) is 10.2. The number of carbonyl (C=O) groups excluding carboxylic acids is 1. The van der Waals surface area contributed by atoms with Gasteiger partial charge in [-0.05, 0) is 12.3 Å². The summed E-state index contributed by atoms with van der Waals surface area (Å²) in [5.74, 6) is -3.58. The molecule has 2 rings (SSSR count).